The first-order valence-electron chi connectivity index (χ1n) is 6.29. The molecule has 1 fully saturated rings. The van der Waals surface area contributed by atoms with Crippen molar-refractivity contribution in [1.82, 2.24) is 15.2 Å². The minimum atomic E-state index is -0.0356. The Bertz CT molecular complexity index is 466. The topological polar surface area (TPSA) is 88.3 Å². The van der Waals surface area contributed by atoms with Gasteiger partial charge < -0.3 is 16.0 Å². The van der Waals surface area contributed by atoms with E-state index in [0.717, 1.165) is 12.8 Å². The molecule has 0 radical (unpaired) electrons. The number of aromatic nitrogens is 1. The van der Waals surface area contributed by atoms with E-state index in [1.165, 1.54) is 11.3 Å². The van der Waals surface area contributed by atoms with Gasteiger partial charge in [0.05, 0.1) is 12.1 Å². The number of carbonyl (C=O) groups is 2. The minimum Gasteiger partial charge on any atom is -0.375 e. The maximum atomic E-state index is 11.8. The number of nitrogens with zero attached hydrogens (tertiary/aromatic N) is 2. The maximum Gasteiger partial charge on any atom is 0.226 e. The number of anilines is 1. The lowest BCUT2D eigenvalue weighted by Gasteiger charge is -2.31. The minimum absolute atomic E-state index is 0.0356. The third-order valence-corrected chi connectivity index (χ3v) is 3.94. The van der Waals surface area contributed by atoms with Crippen LogP contribution in [0.4, 0.5) is 5.13 Å². The van der Waals surface area contributed by atoms with Gasteiger partial charge in [0.15, 0.2) is 5.13 Å². The van der Waals surface area contributed by atoms with Crippen LogP contribution in [0.2, 0.25) is 0 Å². The lowest BCUT2D eigenvalue weighted by Crippen LogP contribution is -2.46. The van der Waals surface area contributed by atoms with Gasteiger partial charge in [0, 0.05) is 31.4 Å². The third kappa shape index (κ3) is 3.92. The molecule has 7 heteroatoms. The predicted molar refractivity (Wildman–Crippen MR) is 73.6 cm³/mol. The quantitative estimate of drug-likeness (QED) is 0.839. The molecule has 3 N–H and O–H groups in total. The summed E-state index contributed by atoms with van der Waals surface area (Å²) in [5, 5.41) is 5.27. The van der Waals surface area contributed by atoms with Gasteiger partial charge in [0.2, 0.25) is 11.8 Å². The van der Waals surface area contributed by atoms with Crippen molar-refractivity contribution < 1.29 is 9.59 Å². The molecule has 0 bridgehead atoms. The van der Waals surface area contributed by atoms with Crippen molar-refractivity contribution in [3.63, 3.8) is 0 Å². The van der Waals surface area contributed by atoms with Crippen molar-refractivity contribution in [2.75, 3.05) is 18.8 Å². The van der Waals surface area contributed by atoms with Gasteiger partial charge in [-0.25, -0.2) is 4.98 Å². The Morgan fingerprint density at radius 1 is 1.53 bits per heavy atom. The van der Waals surface area contributed by atoms with Crippen LogP contribution in [0, 0.1) is 0 Å². The van der Waals surface area contributed by atoms with E-state index >= 15 is 0 Å². The summed E-state index contributed by atoms with van der Waals surface area (Å²) in [4.78, 5) is 28.9. The molecule has 1 aromatic rings. The molecule has 6 nitrogen and oxygen atoms in total. The Hall–Kier alpha value is -1.63. The largest absolute Gasteiger partial charge is 0.375 e. The molecule has 1 aliphatic rings. The number of amides is 2. The molecule has 0 atom stereocenters. The van der Waals surface area contributed by atoms with Gasteiger partial charge in [0.25, 0.3) is 0 Å². The lowest BCUT2D eigenvalue weighted by molar-refractivity contribution is -0.130. The van der Waals surface area contributed by atoms with Gasteiger partial charge in [-0.3, -0.25) is 9.59 Å². The molecule has 2 rings (SSSR count). The van der Waals surface area contributed by atoms with Gasteiger partial charge in [-0.15, -0.1) is 11.3 Å². The summed E-state index contributed by atoms with van der Waals surface area (Å²) < 4.78 is 0. The van der Waals surface area contributed by atoms with Gasteiger partial charge >= 0.3 is 0 Å². The number of nitrogens with two attached hydrogens (primary N) is 1. The second-order valence-corrected chi connectivity index (χ2v) is 5.59. The first-order chi connectivity index (χ1) is 9.04. The molecule has 0 aromatic carbocycles. The first-order valence-corrected chi connectivity index (χ1v) is 7.17. The summed E-state index contributed by atoms with van der Waals surface area (Å²) in [6.07, 6.45) is 1.88. The van der Waals surface area contributed by atoms with Crippen LogP contribution in [0.3, 0.4) is 0 Å². The second kappa shape index (κ2) is 6.01. The van der Waals surface area contributed by atoms with Crippen LogP contribution >= 0.6 is 11.3 Å². The summed E-state index contributed by atoms with van der Waals surface area (Å²) in [5.74, 6) is 0.0642. The van der Waals surface area contributed by atoms with E-state index in [2.05, 4.69) is 10.3 Å². The number of rotatable bonds is 3. The average Bonchev–Trinajstić information content (AvgIpc) is 2.75. The smallest absolute Gasteiger partial charge is 0.226 e. The van der Waals surface area contributed by atoms with Crippen molar-refractivity contribution in [2.45, 2.75) is 32.2 Å². The molecule has 1 saturated heterocycles. The van der Waals surface area contributed by atoms with Crippen LogP contribution in [-0.2, 0) is 16.0 Å². The number of carbonyl (C=O) groups excluding carboxylic acids is 2. The maximum absolute atomic E-state index is 11.8. The standard InChI is InChI=1S/C12H18N4O2S/c1-8(17)16-4-2-9(3-5-16)14-11(18)6-10-7-19-12(13)15-10/h7,9H,2-6H2,1H3,(H2,13,15)(H,14,18). The van der Waals surface area contributed by atoms with Crippen molar-refractivity contribution in [3.8, 4) is 0 Å². The van der Waals surface area contributed by atoms with Crippen LogP contribution in [0.1, 0.15) is 25.5 Å². The van der Waals surface area contributed by atoms with Crippen LogP contribution in [0.15, 0.2) is 5.38 Å². The van der Waals surface area contributed by atoms with E-state index in [1.807, 2.05) is 4.90 Å². The fourth-order valence-corrected chi connectivity index (χ4v) is 2.75. The van der Waals surface area contributed by atoms with Gasteiger partial charge in [-0.2, -0.15) is 0 Å². The molecule has 0 saturated carbocycles. The first kappa shape index (κ1) is 13.8. The van der Waals surface area contributed by atoms with Crippen molar-refractivity contribution in [2.24, 2.45) is 0 Å². The van der Waals surface area contributed by atoms with E-state index in [0.29, 0.717) is 23.9 Å². The molecule has 0 aliphatic carbocycles. The predicted octanol–water partition coefficient (Wildman–Crippen LogP) is 0.395. The molecule has 104 valence electrons. The number of hydrogen-bond acceptors (Lipinski definition) is 5. The Morgan fingerprint density at radius 3 is 2.74 bits per heavy atom. The summed E-state index contributed by atoms with van der Waals surface area (Å²) in [7, 11) is 0. The highest BCUT2D eigenvalue weighted by molar-refractivity contribution is 7.13. The molecule has 0 spiro atoms. The van der Waals surface area contributed by atoms with E-state index in [1.54, 1.807) is 12.3 Å². The van der Waals surface area contributed by atoms with Gasteiger partial charge in [0.1, 0.15) is 0 Å². The number of likely N-dealkylation sites (tertiary alicyclic amines) is 1. The van der Waals surface area contributed by atoms with Crippen LogP contribution in [0.25, 0.3) is 0 Å². The zero-order valence-corrected chi connectivity index (χ0v) is 11.7. The Morgan fingerprint density at radius 2 is 2.21 bits per heavy atom. The van der Waals surface area contributed by atoms with Crippen LogP contribution in [0.5, 0.6) is 0 Å². The fourth-order valence-electron chi connectivity index (χ4n) is 2.19. The van der Waals surface area contributed by atoms with E-state index < -0.39 is 0 Å². The molecule has 2 heterocycles. The van der Waals surface area contributed by atoms with Gasteiger partial charge in [-0.05, 0) is 12.8 Å². The molecular weight excluding hydrogens is 264 g/mol. The third-order valence-electron chi connectivity index (χ3n) is 3.22. The monoisotopic (exact) mass is 282 g/mol. The second-order valence-electron chi connectivity index (χ2n) is 4.70. The van der Waals surface area contributed by atoms with Crippen molar-refractivity contribution in [3.05, 3.63) is 11.1 Å². The highest BCUT2D eigenvalue weighted by atomic mass is 32.1. The molecular formula is C12H18N4O2S. The Balaban J connectivity index is 1.76. The summed E-state index contributed by atoms with van der Waals surface area (Å²) in [5.41, 5.74) is 6.23. The normalized spacial score (nSPS) is 16.4. The van der Waals surface area contributed by atoms with Gasteiger partial charge in [-0.1, -0.05) is 0 Å². The van der Waals surface area contributed by atoms with E-state index in [4.69, 9.17) is 5.73 Å². The molecule has 1 aromatic heterocycles. The summed E-state index contributed by atoms with van der Waals surface area (Å²) in [6.45, 7) is 3.00. The summed E-state index contributed by atoms with van der Waals surface area (Å²) in [6, 6.07) is 0.152. The number of thiazole rings is 1. The van der Waals surface area contributed by atoms with Crippen molar-refractivity contribution >= 4 is 28.3 Å². The molecule has 2 amide bonds. The van der Waals surface area contributed by atoms with Crippen molar-refractivity contribution in [1.29, 1.82) is 0 Å². The summed E-state index contributed by atoms with van der Waals surface area (Å²) >= 11 is 1.34. The highest BCUT2D eigenvalue weighted by Gasteiger charge is 2.22. The average molecular weight is 282 g/mol. The van der Waals surface area contributed by atoms with Crippen LogP contribution in [-0.4, -0.2) is 40.8 Å². The lowest BCUT2D eigenvalue weighted by atomic mass is 10.0. The molecule has 0 unspecified atom stereocenters. The SMILES string of the molecule is CC(=O)N1CCC(NC(=O)Cc2csc(N)n2)CC1. The fraction of sp³-hybridized carbons (Fsp3) is 0.583. The zero-order chi connectivity index (χ0) is 13.8. The highest BCUT2D eigenvalue weighted by Crippen LogP contribution is 2.13. The Kier molecular flexibility index (Phi) is 4.36. The number of hydrogen-bond donors (Lipinski definition) is 2. The van der Waals surface area contributed by atoms with Crippen LogP contribution < -0.4 is 11.1 Å². The van der Waals surface area contributed by atoms with E-state index in [-0.39, 0.29) is 24.3 Å². The molecule has 19 heavy (non-hydrogen) atoms. The number of nitrogen functional groups attached to an aromatic ring is 1. The van der Waals surface area contributed by atoms with E-state index in [9.17, 15) is 9.59 Å². The molecule has 1 aliphatic heterocycles. The number of nitrogens with one attached hydrogen (secondary N) is 1. The Labute approximate surface area is 116 Å². The number of piperidine rings is 1. The zero-order valence-electron chi connectivity index (χ0n) is 10.9.